The maximum absolute atomic E-state index is 13.3. The largest absolute Gasteiger partial charge is 0.489 e. The van der Waals surface area contributed by atoms with Gasteiger partial charge in [0, 0.05) is 16.6 Å². The quantitative estimate of drug-likeness (QED) is 0.414. The molecule has 2 aromatic carbocycles. The fourth-order valence-electron chi connectivity index (χ4n) is 4.11. The summed E-state index contributed by atoms with van der Waals surface area (Å²) in [4.78, 5) is 27.1. The van der Waals surface area contributed by atoms with E-state index in [1.807, 2.05) is 45.0 Å². The molecule has 0 aliphatic carbocycles. The molecule has 1 aliphatic rings. The van der Waals surface area contributed by atoms with Crippen LogP contribution in [0.2, 0.25) is 10.0 Å². The molecule has 8 heteroatoms. The molecule has 2 amide bonds. The van der Waals surface area contributed by atoms with Crippen molar-refractivity contribution in [3.8, 4) is 5.75 Å². The molecule has 1 aliphatic heterocycles. The molecular weight excluding hydrogens is 451 g/mol. The number of halogens is 2. The summed E-state index contributed by atoms with van der Waals surface area (Å²) in [6.45, 7) is 6.62. The minimum atomic E-state index is -0.746. The van der Waals surface area contributed by atoms with Crippen LogP contribution in [0.4, 0.5) is 0 Å². The molecule has 0 saturated carbocycles. The zero-order chi connectivity index (χ0) is 23.5. The van der Waals surface area contributed by atoms with E-state index < -0.39 is 17.4 Å². The lowest BCUT2D eigenvalue weighted by atomic mass is 9.81. The van der Waals surface area contributed by atoms with Crippen LogP contribution in [-0.4, -0.2) is 34.5 Å². The van der Waals surface area contributed by atoms with Gasteiger partial charge in [-0.25, -0.2) is 5.48 Å². The monoisotopic (exact) mass is 478 g/mol. The van der Waals surface area contributed by atoms with Gasteiger partial charge < -0.3 is 9.64 Å². The highest BCUT2D eigenvalue weighted by atomic mass is 35.5. The second-order valence-electron chi connectivity index (χ2n) is 8.79. The number of carbonyl (C=O) groups excluding carboxylic acids is 2. The molecule has 2 atom stereocenters. The number of amides is 2. The second kappa shape index (κ2) is 10.1. The van der Waals surface area contributed by atoms with Gasteiger partial charge in [-0.3, -0.25) is 14.8 Å². The van der Waals surface area contributed by atoms with E-state index in [0.29, 0.717) is 41.8 Å². The van der Waals surface area contributed by atoms with Crippen molar-refractivity contribution in [1.29, 1.82) is 0 Å². The minimum absolute atomic E-state index is 0.117. The van der Waals surface area contributed by atoms with Gasteiger partial charge in [0.25, 0.3) is 5.91 Å². The molecule has 1 fully saturated rings. The van der Waals surface area contributed by atoms with Gasteiger partial charge in [-0.1, -0.05) is 49.2 Å². The van der Waals surface area contributed by atoms with E-state index in [1.54, 1.807) is 28.6 Å². The maximum atomic E-state index is 13.3. The number of likely N-dealkylation sites (tertiary alicyclic amines) is 1. The summed E-state index contributed by atoms with van der Waals surface area (Å²) >= 11 is 12.1. The Balaban J connectivity index is 1.72. The lowest BCUT2D eigenvalue weighted by Gasteiger charge is -2.30. The van der Waals surface area contributed by atoms with Crippen molar-refractivity contribution in [1.82, 2.24) is 10.4 Å². The predicted molar refractivity (Wildman–Crippen MR) is 124 cm³/mol. The molecule has 0 radical (unpaired) electrons. The maximum Gasteiger partial charge on any atom is 0.266 e. The highest BCUT2D eigenvalue weighted by Crippen LogP contribution is 2.38. The lowest BCUT2D eigenvalue weighted by Crippen LogP contribution is -2.49. The molecule has 172 valence electrons. The molecule has 2 aromatic rings. The third kappa shape index (κ3) is 5.37. The summed E-state index contributed by atoms with van der Waals surface area (Å²) in [5.74, 6) is 0.186. The SMILES string of the molecule is CC(C)CC(C(=O)NO)N1CCC(C)(c2ccc(OCc3cc(Cl)cc(Cl)c3)cc2)C1=O. The fourth-order valence-corrected chi connectivity index (χ4v) is 4.68. The molecule has 32 heavy (non-hydrogen) atoms. The van der Waals surface area contributed by atoms with Gasteiger partial charge in [-0.15, -0.1) is 0 Å². The Hall–Kier alpha value is -2.28. The number of hydroxylamine groups is 1. The van der Waals surface area contributed by atoms with E-state index in [2.05, 4.69) is 0 Å². The summed E-state index contributed by atoms with van der Waals surface area (Å²) in [6.07, 6.45) is 1.06. The summed E-state index contributed by atoms with van der Waals surface area (Å²) < 4.78 is 5.84. The van der Waals surface area contributed by atoms with Crippen molar-refractivity contribution in [2.45, 2.75) is 51.7 Å². The van der Waals surface area contributed by atoms with Crippen LogP contribution in [-0.2, 0) is 21.6 Å². The lowest BCUT2D eigenvalue weighted by molar-refractivity contribution is -0.144. The highest BCUT2D eigenvalue weighted by molar-refractivity contribution is 6.34. The molecule has 3 rings (SSSR count). The standard InChI is InChI=1S/C24H28Cl2N2O4/c1-15(2)10-21(22(29)27-31)28-9-8-24(3,23(28)30)17-4-6-20(7-5-17)32-14-16-11-18(25)13-19(26)12-16/h4-7,11-13,15,21,31H,8-10,14H2,1-3H3,(H,27,29). The van der Waals surface area contributed by atoms with Crippen molar-refractivity contribution in [3.05, 3.63) is 63.6 Å². The minimum Gasteiger partial charge on any atom is -0.489 e. The number of nitrogens with zero attached hydrogens (tertiary/aromatic N) is 1. The van der Waals surface area contributed by atoms with Gasteiger partial charge in [0.2, 0.25) is 5.91 Å². The normalized spacial score (nSPS) is 19.3. The highest BCUT2D eigenvalue weighted by Gasteiger charge is 2.47. The first kappa shape index (κ1) is 24.4. The van der Waals surface area contributed by atoms with Crippen molar-refractivity contribution >= 4 is 35.0 Å². The van der Waals surface area contributed by atoms with Crippen molar-refractivity contribution < 1.29 is 19.5 Å². The molecule has 1 heterocycles. The molecule has 0 bridgehead atoms. The fraction of sp³-hybridized carbons (Fsp3) is 0.417. The second-order valence-corrected chi connectivity index (χ2v) is 9.67. The summed E-state index contributed by atoms with van der Waals surface area (Å²) in [5, 5.41) is 10.2. The first-order valence-electron chi connectivity index (χ1n) is 10.6. The Labute approximate surface area is 198 Å². The third-order valence-electron chi connectivity index (χ3n) is 5.89. The van der Waals surface area contributed by atoms with E-state index in [4.69, 9.17) is 33.1 Å². The molecule has 6 nitrogen and oxygen atoms in total. The Kier molecular flexibility index (Phi) is 7.70. The van der Waals surface area contributed by atoms with E-state index in [1.165, 1.54) is 0 Å². The van der Waals surface area contributed by atoms with Crippen LogP contribution >= 0.6 is 23.2 Å². The summed E-state index contributed by atoms with van der Waals surface area (Å²) in [7, 11) is 0. The Morgan fingerprint density at radius 3 is 2.38 bits per heavy atom. The number of rotatable bonds is 8. The van der Waals surface area contributed by atoms with Gasteiger partial charge in [-0.2, -0.15) is 0 Å². The zero-order valence-corrected chi connectivity index (χ0v) is 19.9. The van der Waals surface area contributed by atoms with E-state index in [0.717, 1.165) is 11.1 Å². The van der Waals surface area contributed by atoms with Crippen LogP contribution in [0.15, 0.2) is 42.5 Å². The summed E-state index contributed by atoms with van der Waals surface area (Å²) in [5.41, 5.74) is 2.68. The Morgan fingerprint density at radius 1 is 1.19 bits per heavy atom. The van der Waals surface area contributed by atoms with Gasteiger partial charge >= 0.3 is 0 Å². The number of ether oxygens (including phenoxy) is 1. The van der Waals surface area contributed by atoms with Crippen LogP contribution in [0.5, 0.6) is 5.75 Å². The van der Waals surface area contributed by atoms with Gasteiger partial charge in [0.05, 0.1) is 5.41 Å². The van der Waals surface area contributed by atoms with Crippen LogP contribution in [0.25, 0.3) is 0 Å². The first-order valence-corrected chi connectivity index (χ1v) is 11.3. The molecule has 0 aromatic heterocycles. The van der Waals surface area contributed by atoms with E-state index in [-0.39, 0.29) is 11.8 Å². The number of nitrogens with one attached hydrogen (secondary N) is 1. The Bertz CT molecular complexity index is 960. The zero-order valence-electron chi connectivity index (χ0n) is 18.4. The van der Waals surface area contributed by atoms with Crippen molar-refractivity contribution in [3.63, 3.8) is 0 Å². The van der Waals surface area contributed by atoms with Gasteiger partial charge in [0.15, 0.2) is 0 Å². The number of benzene rings is 2. The summed E-state index contributed by atoms with van der Waals surface area (Å²) in [6, 6.07) is 12.0. The van der Waals surface area contributed by atoms with Crippen LogP contribution in [0.3, 0.4) is 0 Å². The molecule has 1 saturated heterocycles. The van der Waals surface area contributed by atoms with Crippen molar-refractivity contribution in [2.24, 2.45) is 5.92 Å². The van der Waals surface area contributed by atoms with E-state index in [9.17, 15) is 9.59 Å². The van der Waals surface area contributed by atoms with Crippen LogP contribution in [0.1, 0.15) is 44.7 Å². The molecule has 2 N–H and O–H groups in total. The van der Waals surface area contributed by atoms with Gasteiger partial charge in [-0.05, 0) is 67.1 Å². The molecular formula is C24H28Cl2N2O4. The topological polar surface area (TPSA) is 78.9 Å². The number of carbonyl (C=O) groups is 2. The van der Waals surface area contributed by atoms with Gasteiger partial charge in [0.1, 0.15) is 18.4 Å². The smallest absolute Gasteiger partial charge is 0.266 e. The molecule has 0 spiro atoms. The average molecular weight is 479 g/mol. The number of hydrogen-bond donors (Lipinski definition) is 2. The average Bonchev–Trinajstić information content (AvgIpc) is 3.05. The number of hydrogen-bond acceptors (Lipinski definition) is 4. The Morgan fingerprint density at radius 2 is 1.81 bits per heavy atom. The van der Waals surface area contributed by atoms with Crippen LogP contribution in [0, 0.1) is 5.92 Å². The van der Waals surface area contributed by atoms with E-state index >= 15 is 0 Å². The van der Waals surface area contributed by atoms with Crippen LogP contribution < -0.4 is 10.2 Å². The van der Waals surface area contributed by atoms with Crippen molar-refractivity contribution in [2.75, 3.05) is 6.54 Å². The third-order valence-corrected chi connectivity index (χ3v) is 6.33. The predicted octanol–water partition coefficient (Wildman–Crippen LogP) is 4.98. The first-order chi connectivity index (χ1) is 15.1. The molecule has 2 unspecified atom stereocenters.